The van der Waals surface area contributed by atoms with Crippen LogP contribution in [0.25, 0.3) is 0 Å². The molecule has 5 unspecified atom stereocenters. The van der Waals surface area contributed by atoms with E-state index in [2.05, 4.69) is 25.9 Å². The smallest absolute Gasteiger partial charge is 0.266 e. The third-order valence-corrected chi connectivity index (χ3v) is 6.45. The van der Waals surface area contributed by atoms with Crippen LogP contribution in [0.1, 0.15) is 42.5 Å². The van der Waals surface area contributed by atoms with Crippen molar-refractivity contribution in [3.63, 3.8) is 0 Å². The van der Waals surface area contributed by atoms with Crippen LogP contribution in [0, 0.1) is 5.92 Å². The summed E-state index contributed by atoms with van der Waals surface area (Å²) in [5.74, 6) is -2.25. The van der Waals surface area contributed by atoms with Gasteiger partial charge >= 0.3 is 0 Å². The number of nitrogens with zero attached hydrogens (tertiary/aromatic N) is 5. The molecule has 2 aromatic heterocycles. The van der Waals surface area contributed by atoms with E-state index in [-0.39, 0.29) is 43.4 Å². The Balaban J connectivity index is 1.37. The Morgan fingerprint density at radius 1 is 1.21 bits per heavy atom. The first-order valence-corrected chi connectivity index (χ1v) is 9.98. The van der Waals surface area contributed by atoms with Gasteiger partial charge in [-0.25, -0.2) is 28.6 Å². The van der Waals surface area contributed by atoms with Gasteiger partial charge in [-0.1, -0.05) is 0 Å². The van der Waals surface area contributed by atoms with Crippen molar-refractivity contribution in [2.45, 2.75) is 49.4 Å². The Morgan fingerprint density at radius 2 is 2.07 bits per heavy atom. The molecule has 1 aliphatic carbocycles. The maximum Gasteiger partial charge on any atom is 0.266 e. The molecule has 1 saturated carbocycles. The van der Waals surface area contributed by atoms with E-state index in [0.29, 0.717) is 18.7 Å². The van der Waals surface area contributed by atoms with Crippen molar-refractivity contribution in [1.82, 2.24) is 30.6 Å². The Kier molecular flexibility index (Phi) is 4.50. The van der Waals surface area contributed by atoms with Crippen molar-refractivity contribution in [2.24, 2.45) is 13.0 Å². The fourth-order valence-electron chi connectivity index (χ4n) is 4.93. The molecule has 5 rings (SSSR count). The van der Waals surface area contributed by atoms with Gasteiger partial charge < -0.3 is 4.90 Å². The van der Waals surface area contributed by atoms with Crippen LogP contribution in [0.4, 0.5) is 19.0 Å². The largest absolute Gasteiger partial charge is 0.350 e. The van der Waals surface area contributed by atoms with Crippen LogP contribution in [-0.2, 0) is 7.05 Å². The maximum atomic E-state index is 14.8. The molecule has 0 bridgehead atoms. The van der Waals surface area contributed by atoms with Crippen LogP contribution >= 0.6 is 0 Å². The van der Waals surface area contributed by atoms with Gasteiger partial charge in [0.2, 0.25) is 0 Å². The Hall–Kier alpha value is -2.20. The van der Waals surface area contributed by atoms with Crippen molar-refractivity contribution < 1.29 is 13.2 Å². The molecule has 2 saturated heterocycles. The number of hydrogen-bond acceptors (Lipinski definition) is 6. The number of aromatic nitrogens is 4. The van der Waals surface area contributed by atoms with Crippen molar-refractivity contribution in [2.75, 3.05) is 18.0 Å². The van der Waals surface area contributed by atoms with Crippen LogP contribution < -0.4 is 15.8 Å². The normalized spacial score (nSPS) is 33.8. The molecule has 3 aliphatic rings. The predicted molar refractivity (Wildman–Crippen MR) is 100 cm³/mol. The van der Waals surface area contributed by atoms with Crippen molar-refractivity contribution in [1.29, 1.82) is 0 Å². The lowest BCUT2D eigenvalue weighted by Gasteiger charge is -2.35. The quantitative estimate of drug-likeness (QED) is 0.812. The molecule has 0 aromatic carbocycles. The third-order valence-electron chi connectivity index (χ3n) is 6.45. The van der Waals surface area contributed by atoms with Crippen molar-refractivity contribution in [3.05, 3.63) is 36.0 Å². The van der Waals surface area contributed by atoms with E-state index < -0.39 is 12.1 Å². The van der Waals surface area contributed by atoms with Gasteiger partial charge in [0, 0.05) is 44.2 Å². The van der Waals surface area contributed by atoms with Gasteiger partial charge in [-0.05, 0) is 24.3 Å². The fraction of sp³-hybridized carbons (Fsp3) is 0.632. The van der Waals surface area contributed by atoms with Gasteiger partial charge in [0.1, 0.15) is 18.3 Å². The highest BCUT2D eigenvalue weighted by atomic mass is 19.3. The van der Waals surface area contributed by atoms with E-state index in [1.165, 1.54) is 6.33 Å². The van der Waals surface area contributed by atoms with Crippen molar-refractivity contribution >= 4 is 5.82 Å². The summed E-state index contributed by atoms with van der Waals surface area (Å²) in [6, 6.07) is 1.65. The maximum absolute atomic E-state index is 14.8. The summed E-state index contributed by atoms with van der Waals surface area (Å²) in [6.07, 6.45) is 4.99. The van der Waals surface area contributed by atoms with Crippen LogP contribution in [0.5, 0.6) is 0 Å². The van der Waals surface area contributed by atoms with Crippen LogP contribution in [0.15, 0.2) is 24.8 Å². The molecule has 2 aliphatic heterocycles. The number of hydrazine groups is 1. The van der Waals surface area contributed by atoms with E-state index in [0.717, 1.165) is 11.3 Å². The minimum Gasteiger partial charge on any atom is -0.350 e. The second-order valence-electron chi connectivity index (χ2n) is 8.41. The monoisotopic (exact) mass is 407 g/mol. The van der Waals surface area contributed by atoms with Gasteiger partial charge in [-0.3, -0.25) is 10.1 Å². The molecular formula is C19H24F3N7. The average molecular weight is 407 g/mol. The number of halogens is 3. The van der Waals surface area contributed by atoms with E-state index >= 15 is 0 Å². The highest BCUT2D eigenvalue weighted by Crippen LogP contribution is 2.45. The highest BCUT2D eigenvalue weighted by molar-refractivity contribution is 5.42. The first-order chi connectivity index (χ1) is 13.9. The second kappa shape index (κ2) is 6.94. The van der Waals surface area contributed by atoms with Gasteiger partial charge in [0.25, 0.3) is 5.92 Å². The lowest BCUT2D eigenvalue weighted by Crippen LogP contribution is -2.39. The lowest BCUT2D eigenvalue weighted by molar-refractivity contribution is 0.0256. The summed E-state index contributed by atoms with van der Waals surface area (Å²) in [5, 5.41) is 4.19. The molecule has 7 nitrogen and oxygen atoms in total. The standard InChI is InChI=1S/C19H24F3N7/c1-28-8-11(7-25-28)12-4-13-15(5-14(12)20)26-27-18(13)16-6-17(24-10-23-16)29-3-2-19(21,22)9-29/h6-8,10,12-15,18,26-27H,2-5,9H2,1H3. The topological polar surface area (TPSA) is 70.9 Å². The minimum absolute atomic E-state index is 0.00235. The third kappa shape index (κ3) is 3.48. The molecule has 2 aromatic rings. The van der Waals surface area contributed by atoms with Gasteiger partial charge in [0.05, 0.1) is 24.5 Å². The Bertz CT molecular complexity index is 888. The number of anilines is 1. The number of alkyl halides is 3. The number of nitrogens with one attached hydrogen (secondary N) is 2. The predicted octanol–water partition coefficient (Wildman–Crippen LogP) is 2.10. The number of fused-ring (bicyclic) bond motifs is 1. The molecule has 29 heavy (non-hydrogen) atoms. The number of aryl methyl sites for hydroxylation is 1. The molecule has 5 atom stereocenters. The van der Waals surface area contributed by atoms with Gasteiger partial charge in [0.15, 0.2) is 0 Å². The van der Waals surface area contributed by atoms with E-state index in [4.69, 9.17) is 0 Å². The van der Waals surface area contributed by atoms with E-state index in [1.807, 2.05) is 13.2 Å². The second-order valence-corrected chi connectivity index (χ2v) is 8.41. The van der Waals surface area contributed by atoms with E-state index in [9.17, 15) is 13.2 Å². The molecule has 10 heteroatoms. The van der Waals surface area contributed by atoms with Gasteiger partial charge in [-0.15, -0.1) is 0 Å². The molecule has 3 fully saturated rings. The number of hydrogen-bond donors (Lipinski definition) is 2. The SMILES string of the molecule is Cn1cc(C2CC3C(CC2F)NNC3c2cc(N3CCC(F)(F)C3)ncn2)cn1. The fourth-order valence-corrected chi connectivity index (χ4v) is 4.93. The summed E-state index contributed by atoms with van der Waals surface area (Å²) >= 11 is 0. The highest BCUT2D eigenvalue weighted by Gasteiger charge is 2.46. The van der Waals surface area contributed by atoms with Gasteiger partial charge in [-0.2, -0.15) is 5.10 Å². The lowest BCUT2D eigenvalue weighted by atomic mass is 9.72. The average Bonchev–Trinajstić information content (AvgIpc) is 3.39. The molecule has 0 radical (unpaired) electrons. The first-order valence-electron chi connectivity index (χ1n) is 9.98. The molecule has 156 valence electrons. The van der Waals surface area contributed by atoms with E-state index in [1.54, 1.807) is 21.8 Å². The zero-order valence-electron chi connectivity index (χ0n) is 16.1. The summed E-state index contributed by atoms with van der Waals surface area (Å²) in [6.45, 7) is -0.0447. The zero-order valence-corrected chi connectivity index (χ0v) is 16.1. The molecule has 0 amide bonds. The molecule has 4 heterocycles. The summed E-state index contributed by atoms with van der Waals surface area (Å²) < 4.78 is 43.7. The first kappa shape index (κ1) is 18.8. The summed E-state index contributed by atoms with van der Waals surface area (Å²) in [7, 11) is 1.83. The van der Waals surface area contributed by atoms with Crippen LogP contribution in [0.3, 0.4) is 0 Å². The van der Waals surface area contributed by atoms with Crippen molar-refractivity contribution in [3.8, 4) is 0 Å². The minimum atomic E-state index is -2.68. The number of rotatable bonds is 3. The zero-order chi connectivity index (χ0) is 20.2. The summed E-state index contributed by atoms with van der Waals surface area (Å²) in [4.78, 5) is 10.2. The van der Waals surface area contributed by atoms with Crippen LogP contribution in [0.2, 0.25) is 0 Å². The van der Waals surface area contributed by atoms with Crippen LogP contribution in [-0.4, -0.2) is 51.0 Å². The molecule has 2 N–H and O–H groups in total. The molecular weight excluding hydrogens is 383 g/mol. The molecule has 0 spiro atoms. The summed E-state index contributed by atoms with van der Waals surface area (Å²) in [5.41, 5.74) is 8.12. The Morgan fingerprint density at radius 3 is 2.79 bits per heavy atom. The Labute approximate surface area is 166 Å².